The van der Waals surface area contributed by atoms with Crippen molar-refractivity contribution in [3.8, 4) is 5.40 Å². The number of aromatic nitrogens is 1. The van der Waals surface area contributed by atoms with Gasteiger partial charge < -0.3 is 17.1 Å². The molecule has 1 aliphatic heterocycles. The monoisotopic (exact) mass is 311 g/mol. The first-order chi connectivity index (χ1) is 10.7. The molecule has 0 radical (unpaired) electrons. The molecule has 2 heterocycles. The number of rotatable bonds is 3. The first-order valence-electron chi connectivity index (χ1n) is 7.49. The topological polar surface area (TPSA) is 36.7 Å². The molecule has 1 aliphatic rings. The average Bonchev–Trinajstić information content (AvgIpc) is 2.91. The van der Waals surface area contributed by atoms with Crippen molar-refractivity contribution in [2.45, 2.75) is 25.4 Å². The highest BCUT2D eigenvalue weighted by atomic mass is 32.1. The third-order valence-corrected chi connectivity index (χ3v) is 4.35. The van der Waals surface area contributed by atoms with Gasteiger partial charge in [0.15, 0.2) is 0 Å². The molecule has 0 aliphatic carbocycles. The van der Waals surface area contributed by atoms with Gasteiger partial charge in [0, 0.05) is 36.4 Å². The van der Waals surface area contributed by atoms with Crippen molar-refractivity contribution in [1.82, 2.24) is 4.98 Å². The Morgan fingerprint density at radius 2 is 2.00 bits per heavy atom. The fraction of sp³-hybridized carbons (Fsp3) is 0.333. The molecule has 1 aromatic carbocycles. The summed E-state index contributed by atoms with van der Waals surface area (Å²) in [5.41, 5.74) is 2.82. The highest BCUT2D eigenvalue weighted by Gasteiger charge is 2.39. The third kappa shape index (κ3) is 4.03. The third-order valence-electron chi connectivity index (χ3n) is 4.35. The van der Waals surface area contributed by atoms with Gasteiger partial charge in [0.05, 0.1) is 13.6 Å². The summed E-state index contributed by atoms with van der Waals surface area (Å²) in [5.74, 6) is 0. The molecule has 1 aromatic heterocycles. The molecule has 1 saturated heterocycles. The van der Waals surface area contributed by atoms with E-state index in [0.717, 1.165) is 11.0 Å². The minimum Gasteiger partial charge on any atom is -0.696 e. The van der Waals surface area contributed by atoms with E-state index in [0.29, 0.717) is 6.04 Å². The maximum atomic E-state index is 7.13. The fourth-order valence-electron chi connectivity index (χ4n) is 3.40. The van der Waals surface area contributed by atoms with Crippen LogP contribution in [0.4, 0.5) is 0 Å². The SMILES string of the molecule is C[N+]1(Cc2ccccc2)CCCC1c1cccnc1.N#C[S-]. The van der Waals surface area contributed by atoms with Crippen molar-refractivity contribution in [3.05, 3.63) is 66.0 Å². The van der Waals surface area contributed by atoms with Gasteiger partial charge in [-0.3, -0.25) is 4.98 Å². The van der Waals surface area contributed by atoms with Crippen LogP contribution in [0.3, 0.4) is 0 Å². The number of hydrogen-bond donors (Lipinski definition) is 0. The van der Waals surface area contributed by atoms with Crippen LogP contribution in [-0.4, -0.2) is 23.1 Å². The fourth-order valence-corrected chi connectivity index (χ4v) is 3.40. The number of nitriles is 1. The Labute approximate surface area is 138 Å². The molecule has 3 nitrogen and oxygen atoms in total. The lowest BCUT2D eigenvalue weighted by atomic mass is 10.0. The molecule has 22 heavy (non-hydrogen) atoms. The van der Waals surface area contributed by atoms with Gasteiger partial charge in [0.1, 0.15) is 12.6 Å². The number of likely N-dealkylation sites (tertiary alicyclic amines) is 1. The van der Waals surface area contributed by atoms with Crippen LogP contribution in [0.15, 0.2) is 54.9 Å². The Balaban J connectivity index is 0.000000545. The van der Waals surface area contributed by atoms with E-state index in [2.05, 4.69) is 67.1 Å². The van der Waals surface area contributed by atoms with E-state index in [1.807, 2.05) is 12.4 Å². The van der Waals surface area contributed by atoms with Crippen molar-refractivity contribution < 1.29 is 4.48 Å². The minimum atomic E-state index is 0.592. The summed E-state index contributed by atoms with van der Waals surface area (Å²) in [6.07, 6.45) is 6.48. The molecule has 0 spiro atoms. The Morgan fingerprint density at radius 3 is 2.64 bits per heavy atom. The lowest BCUT2D eigenvalue weighted by Crippen LogP contribution is -2.42. The van der Waals surface area contributed by atoms with Crippen molar-refractivity contribution in [1.29, 1.82) is 5.26 Å². The van der Waals surface area contributed by atoms with E-state index in [9.17, 15) is 0 Å². The van der Waals surface area contributed by atoms with E-state index >= 15 is 0 Å². The highest BCUT2D eigenvalue weighted by molar-refractivity contribution is 7.64. The number of pyridine rings is 1. The summed E-state index contributed by atoms with van der Waals surface area (Å²) in [7, 11) is 2.39. The maximum absolute atomic E-state index is 7.13. The maximum Gasteiger partial charge on any atom is 0.116 e. The van der Waals surface area contributed by atoms with Crippen LogP contribution < -0.4 is 0 Å². The zero-order chi connectivity index (χ0) is 15.8. The van der Waals surface area contributed by atoms with E-state index in [-0.39, 0.29) is 0 Å². The van der Waals surface area contributed by atoms with Gasteiger partial charge >= 0.3 is 0 Å². The van der Waals surface area contributed by atoms with Crippen LogP contribution in [0, 0.1) is 10.7 Å². The second kappa shape index (κ2) is 7.88. The second-order valence-electron chi connectivity index (χ2n) is 5.88. The lowest BCUT2D eigenvalue weighted by molar-refractivity contribution is -0.939. The molecule has 0 amide bonds. The summed E-state index contributed by atoms with van der Waals surface area (Å²) in [5, 5.41) is 8.47. The molecular formula is C18H21N3S. The summed E-state index contributed by atoms with van der Waals surface area (Å²) >= 11 is 3.70. The molecule has 2 atom stereocenters. The molecule has 2 aromatic rings. The van der Waals surface area contributed by atoms with Crippen molar-refractivity contribution >= 4 is 12.6 Å². The summed E-state index contributed by atoms with van der Waals surface area (Å²) in [6, 6.07) is 15.7. The minimum absolute atomic E-state index is 0.592. The molecule has 1 fully saturated rings. The predicted octanol–water partition coefficient (Wildman–Crippen LogP) is 3.58. The molecule has 2 unspecified atom stereocenters. The van der Waals surface area contributed by atoms with Gasteiger partial charge in [-0.2, -0.15) is 0 Å². The van der Waals surface area contributed by atoms with Crippen LogP contribution in [0.25, 0.3) is 0 Å². The van der Waals surface area contributed by atoms with Gasteiger partial charge in [-0.05, 0) is 6.07 Å². The van der Waals surface area contributed by atoms with Crippen LogP contribution in [0.2, 0.25) is 0 Å². The largest absolute Gasteiger partial charge is 0.696 e. The lowest BCUT2D eigenvalue weighted by Gasteiger charge is -2.36. The number of benzene rings is 1. The zero-order valence-corrected chi connectivity index (χ0v) is 13.7. The molecular weight excluding hydrogens is 290 g/mol. The van der Waals surface area contributed by atoms with Crippen molar-refractivity contribution in [3.63, 3.8) is 0 Å². The van der Waals surface area contributed by atoms with Gasteiger partial charge in [-0.15, -0.1) is 0 Å². The van der Waals surface area contributed by atoms with E-state index < -0.39 is 0 Å². The number of hydrogen-bond acceptors (Lipinski definition) is 3. The highest BCUT2D eigenvalue weighted by Crippen LogP contribution is 2.38. The molecule has 0 saturated carbocycles. The quantitative estimate of drug-likeness (QED) is 0.494. The Kier molecular flexibility index (Phi) is 5.88. The summed E-state index contributed by atoms with van der Waals surface area (Å²) < 4.78 is 1.11. The van der Waals surface area contributed by atoms with E-state index in [4.69, 9.17) is 5.26 Å². The Hall–Kier alpha value is -1.96. The van der Waals surface area contributed by atoms with Gasteiger partial charge in [0.25, 0.3) is 0 Å². The summed E-state index contributed by atoms with van der Waals surface area (Å²) in [6.45, 7) is 2.37. The number of thiocyanates is 1. The molecule has 3 rings (SSSR count). The predicted molar refractivity (Wildman–Crippen MR) is 90.4 cm³/mol. The van der Waals surface area contributed by atoms with E-state index in [1.54, 1.807) is 0 Å². The molecule has 114 valence electrons. The molecule has 4 heteroatoms. The first kappa shape index (κ1) is 16.4. The van der Waals surface area contributed by atoms with Crippen LogP contribution in [-0.2, 0) is 19.2 Å². The van der Waals surface area contributed by atoms with E-state index in [1.165, 1.54) is 35.9 Å². The Bertz CT molecular complexity index is 609. The van der Waals surface area contributed by atoms with Gasteiger partial charge in [-0.25, -0.2) is 5.26 Å². The first-order valence-corrected chi connectivity index (χ1v) is 7.90. The molecule has 0 bridgehead atoms. The van der Waals surface area contributed by atoms with Crippen molar-refractivity contribution in [2.24, 2.45) is 0 Å². The molecule has 0 N–H and O–H groups in total. The van der Waals surface area contributed by atoms with Crippen molar-refractivity contribution in [2.75, 3.05) is 13.6 Å². The van der Waals surface area contributed by atoms with Crippen LogP contribution >= 0.6 is 0 Å². The van der Waals surface area contributed by atoms with Gasteiger partial charge in [0.2, 0.25) is 0 Å². The number of nitrogens with zero attached hydrogens (tertiary/aromatic N) is 3. The van der Waals surface area contributed by atoms with Crippen LogP contribution in [0.5, 0.6) is 0 Å². The summed E-state index contributed by atoms with van der Waals surface area (Å²) in [4.78, 5) is 4.29. The second-order valence-corrected chi connectivity index (χ2v) is 6.06. The zero-order valence-electron chi connectivity index (χ0n) is 12.9. The number of quaternary nitrogens is 1. The van der Waals surface area contributed by atoms with Crippen LogP contribution in [0.1, 0.15) is 30.0 Å². The smallest absolute Gasteiger partial charge is 0.116 e. The average molecular weight is 311 g/mol. The normalized spacial score (nSPS) is 23.2. The standard InChI is InChI=1S/C17H21N2.CHNS/c1-19(14-15-7-3-2-4-8-15)12-6-10-17(19)16-9-5-11-18-13-16;2-1-3/h2-5,7-9,11,13,17H,6,10,12,14H2,1H3;3H/q+1;/p-1. The van der Waals surface area contributed by atoms with Gasteiger partial charge in [-0.1, -0.05) is 41.8 Å². The Morgan fingerprint density at radius 1 is 1.27 bits per heavy atom.